The summed E-state index contributed by atoms with van der Waals surface area (Å²) in [6.45, 7) is 5.50. The summed E-state index contributed by atoms with van der Waals surface area (Å²) in [4.78, 5) is 23.6. The Labute approximate surface area is 131 Å². The van der Waals surface area contributed by atoms with Crippen molar-refractivity contribution in [2.24, 2.45) is 5.41 Å². The van der Waals surface area contributed by atoms with E-state index in [-0.39, 0.29) is 5.91 Å². The fraction of sp³-hybridized carbons (Fsp3) is 0.529. The molecule has 22 heavy (non-hydrogen) atoms. The fourth-order valence-electron chi connectivity index (χ4n) is 2.31. The number of para-hydroxylation sites is 1. The van der Waals surface area contributed by atoms with Gasteiger partial charge in [-0.3, -0.25) is 4.79 Å². The summed E-state index contributed by atoms with van der Waals surface area (Å²) < 4.78 is 5.30. The smallest absolute Gasteiger partial charge is 0.326 e. The molecule has 0 aliphatic heterocycles. The molecular weight excluding hydrogens is 282 g/mol. The van der Waals surface area contributed by atoms with Crippen LogP contribution in [0.3, 0.4) is 0 Å². The minimum absolute atomic E-state index is 0.265. The first-order chi connectivity index (χ1) is 10.3. The molecule has 0 radical (unpaired) electrons. The van der Waals surface area contributed by atoms with Gasteiger partial charge in [0.2, 0.25) is 5.91 Å². The van der Waals surface area contributed by atoms with Crippen molar-refractivity contribution >= 4 is 11.9 Å². The number of nitrogens with one attached hydrogen (secondary N) is 1. The van der Waals surface area contributed by atoms with Crippen molar-refractivity contribution in [2.45, 2.75) is 46.1 Å². The number of aliphatic carboxylic acids is 1. The molecule has 0 saturated heterocycles. The van der Waals surface area contributed by atoms with Gasteiger partial charge in [0.25, 0.3) is 0 Å². The Kier molecular flexibility index (Phi) is 6.40. The highest BCUT2D eigenvalue weighted by atomic mass is 16.5. The summed E-state index contributed by atoms with van der Waals surface area (Å²) in [5, 5.41) is 11.8. The van der Waals surface area contributed by atoms with Gasteiger partial charge >= 0.3 is 5.97 Å². The molecule has 1 aromatic rings. The summed E-state index contributed by atoms with van der Waals surface area (Å²) in [6.07, 6.45) is 1.59. The van der Waals surface area contributed by atoms with Gasteiger partial charge in [-0.15, -0.1) is 0 Å². The van der Waals surface area contributed by atoms with Crippen LogP contribution in [-0.2, 0) is 16.0 Å². The highest BCUT2D eigenvalue weighted by Crippen LogP contribution is 2.28. The minimum Gasteiger partial charge on any atom is -0.496 e. The van der Waals surface area contributed by atoms with Crippen LogP contribution in [0, 0.1) is 5.41 Å². The Morgan fingerprint density at radius 3 is 2.50 bits per heavy atom. The number of hydrogen-bond acceptors (Lipinski definition) is 3. The van der Waals surface area contributed by atoms with Gasteiger partial charge in [0, 0.05) is 5.41 Å². The molecule has 0 fully saturated rings. The van der Waals surface area contributed by atoms with Crippen molar-refractivity contribution in [3.63, 3.8) is 0 Å². The van der Waals surface area contributed by atoms with Crippen molar-refractivity contribution in [1.82, 2.24) is 5.32 Å². The first-order valence-corrected chi connectivity index (χ1v) is 7.47. The maximum Gasteiger partial charge on any atom is 0.326 e. The molecule has 1 aromatic carbocycles. The second-order valence-corrected chi connectivity index (χ2v) is 6.03. The SMILES string of the molecule is CCCC(NC(=O)C(C)(C)Cc1ccccc1OC)C(=O)O. The lowest BCUT2D eigenvalue weighted by molar-refractivity contribution is -0.143. The molecule has 1 unspecified atom stereocenters. The lowest BCUT2D eigenvalue weighted by Gasteiger charge is -2.26. The van der Waals surface area contributed by atoms with Crippen molar-refractivity contribution in [3.05, 3.63) is 29.8 Å². The van der Waals surface area contributed by atoms with Crippen molar-refractivity contribution in [3.8, 4) is 5.75 Å². The molecule has 0 aliphatic rings. The Balaban J connectivity index is 2.84. The molecule has 1 rings (SSSR count). The number of carboxylic acid groups (broad SMARTS) is 1. The summed E-state index contributed by atoms with van der Waals surface area (Å²) >= 11 is 0. The molecule has 1 atom stereocenters. The van der Waals surface area contributed by atoms with E-state index in [1.807, 2.05) is 31.2 Å². The second kappa shape index (κ2) is 7.82. The lowest BCUT2D eigenvalue weighted by atomic mass is 9.84. The lowest BCUT2D eigenvalue weighted by Crippen LogP contribution is -2.47. The van der Waals surface area contributed by atoms with Gasteiger partial charge in [0.05, 0.1) is 7.11 Å². The van der Waals surface area contributed by atoms with E-state index in [0.29, 0.717) is 19.3 Å². The van der Waals surface area contributed by atoms with E-state index < -0.39 is 17.4 Å². The molecule has 5 heteroatoms. The van der Waals surface area contributed by atoms with Crippen LogP contribution < -0.4 is 10.1 Å². The average Bonchev–Trinajstić information content (AvgIpc) is 2.46. The molecule has 2 N–H and O–H groups in total. The molecule has 0 saturated carbocycles. The van der Waals surface area contributed by atoms with Crippen LogP contribution in [0.1, 0.15) is 39.2 Å². The Morgan fingerprint density at radius 1 is 1.32 bits per heavy atom. The van der Waals surface area contributed by atoms with Crippen molar-refractivity contribution in [1.29, 1.82) is 0 Å². The van der Waals surface area contributed by atoms with Crippen LogP contribution in [0.4, 0.5) is 0 Å². The van der Waals surface area contributed by atoms with E-state index in [4.69, 9.17) is 9.84 Å². The molecule has 0 heterocycles. The maximum absolute atomic E-state index is 12.4. The van der Waals surface area contributed by atoms with Gasteiger partial charge in [0.15, 0.2) is 0 Å². The fourth-order valence-corrected chi connectivity index (χ4v) is 2.31. The Morgan fingerprint density at radius 2 is 1.95 bits per heavy atom. The largest absolute Gasteiger partial charge is 0.496 e. The average molecular weight is 307 g/mol. The van der Waals surface area contributed by atoms with Gasteiger partial charge in [0.1, 0.15) is 11.8 Å². The predicted molar refractivity (Wildman–Crippen MR) is 85.0 cm³/mol. The molecule has 1 amide bonds. The zero-order valence-electron chi connectivity index (χ0n) is 13.7. The highest BCUT2D eigenvalue weighted by Gasteiger charge is 2.32. The summed E-state index contributed by atoms with van der Waals surface area (Å²) in [7, 11) is 1.59. The van der Waals surface area contributed by atoms with Crippen LogP contribution in [0.2, 0.25) is 0 Å². The molecule has 0 aromatic heterocycles. The van der Waals surface area contributed by atoms with Crippen LogP contribution in [0.15, 0.2) is 24.3 Å². The number of hydrogen-bond donors (Lipinski definition) is 2. The number of carbonyl (C=O) groups is 2. The van der Waals surface area contributed by atoms with Gasteiger partial charge in [-0.2, -0.15) is 0 Å². The number of amides is 1. The zero-order chi connectivity index (χ0) is 16.8. The first kappa shape index (κ1) is 18.0. The van der Waals surface area contributed by atoms with Crippen LogP contribution in [-0.4, -0.2) is 30.1 Å². The van der Waals surface area contributed by atoms with Crippen molar-refractivity contribution < 1.29 is 19.4 Å². The molecule has 0 spiro atoms. The zero-order valence-corrected chi connectivity index (χ0v) is 13.7. The summed E-state index contributed by atoms with van der Waals surface area (Å²) in [6, 6.07) is 6.68. The molecule has 0 aliphatic carbocycles. The van der Waals surface area contributed by atoms with E-state index in [1.165, 1.54) is 0 Å². The van der Waals surface area contributed by atoms with E-state index >= 15 is 0 Å². The monoisotopic (exact) mass is 307 g/mol. The topological polar surface area (TPSA) is 75.6 Å². The number of benzene rings is 1. The highest BCUT2D eigenvalue weighted by molar-refractivity contribution is 5.87. The molecule has 0 bridgehead atoms. The van der Waals surface area contributed by atoms with Crippen LogP contribution in [0.25, 0.3) is 0 Å². The third-order valence-corrected chi connectivity index (χ3v) is 3.62. The van der Waals surface area contributed by atoms with Crippen LogP contribution in [0.5, 0.6) is 5.75 Å². The number of rotatable bonds is 8. The number of carboxylic acids is 1. The number of methoxy groups -OCH3 is 1. The van der Waals surface area contributed by atoms with E-state index in [1.54, 1.807) is 21.0 Å². The number of carbonyl (C=O) groups excluding carboxylic acids is 1. The van der Waals surface area contributed by atoms with Gasteiger partial charge in [-0.25, -0.2) is 4.79 Å². The molecular formula is C17H25NO4. The third-order valence-electron chi connectivity index (χ3n) is 3.62. The third kappa shape index (κ3) is 4.76. The first-order valence-electron chi connectivity index (χ1n) is 7.47. The van der Waals surface area contributed by atoms with E-state index in [2.05, 4.69) is 5.32 Å². The Hall–Kier alpha value is -2.04. The van der Waals surface area contributed by atoms with Gasteiger partial charge in [-0.05, 0) is 24.5 Å². The predicted octanol–water partition coefficient (Wildman–Crippen LogP) is 2.63. The van der Waals surface area contributed by atoms with E-state index in [0.717, 1.165) is 11.3 Å². The van der Waals surface area contributed by atoms with Gasteiger partial charge in [-0.1, -0.05) is 45.4 Å². The molecule has 5 nitrogen and oxygen atoms in total. The Bertz CT molecular complexity index is 525. The normalized spacial score (nSPS) is 12.5. The summed E-state index contributed by atoms with van der Waals surface area (Å²) in [5.41, 5.74) is 0.198. The van der Waals surface area contributed by atoms with Gasteiger partial charge < -0.3 is 15.2 Å². The second-order valence-electron chi connectivity index (χ2n) is 6.03. The molecule has 122 valence electrons. The minimum atomic E-state index is -0.997. The standard InChI is InChI=1S/C17H25NO4/c1-5-8-13(15(19)20)18-16(21)17(2,3)11-12-9-6-7-10-14(12)22-4/h6-7,9-10,13H,5,8,11H2,1-4H3,(H,18,21)(H,19,20). The number of ether oxygens (including phenoxy) is 1. The van der Waals surface area contributed by atoms with E-state index in [9.17, 15) is 9.59 Å². The van der Waals surface area contributed by atoms with Crippen LogP contribution >= 0.6 is 0 Å². The summed E-state index contributed by atoms with van der Waals surface area (Å²) in [5.74, 6) is -0.533. The quantitative estimate of drug-likeness (QED) is 0.774. The van der Waals surface area contributed by atoms with Crippen molar-refractivity contribution in [2.75, 3.05) is 7.11 Å². The maximum atomic E-state index is 12.4.